The molecule has 0 atom stereocenters. The lowest BCUT2D eigenvalue weighted by molar-refractivity contribution is 0.199. The Labute approximate surface area is 103 Å². The molecular weight excluding hydrogens is 218 g/mol. The third kappa shape index (κ3) is 5.06. The average molecular weight is 241 g/mol. The molecule has 1 heterocycles. The first kappa shape index (κ1) is 13.8. The van der Waals surface area contributed by atoms with Gasteiger partial charge in [-0.15, -0.1) is 0 Å². The molecule has 0 aromatic heterocycles. The molecule has 5 heteroatoms. The summed E-state index contributed by atoms with van der Waals surface area (Å²) < 4.78 is 0. The molecule has 1 rings (SSSR count). The molecule has 1 fully saturated rings. The quantitative estimate of drug-likeness (QED) is 0.670. The van der Waals surface area contributed by atoms with Gasteiger partial charge >= 0.3 is 12.1 Å². The largest absolute Gasteiger partial charge is 0.338 e. The van der Waals surface area contributed by atoms with Crippen molar-refractivity contribution >= 4 is 12.1 Å². The highest BCUT2D eigenvalue weighted by Gasteiger charge is 2.25. The zero-order chi connectivity index (χ0) is 12.5. The van der Waals surface area contributed by atoms with E-state index in [2.05, 4.69) is 17.6 Å². The van der Waals surface area contributed by atoms with Crippen molar-refractivity contribution < 1.29 is 9.59 Å². The summed E-state index contributed by atoms with van der Waals surface area (Å²) in [6, 6.07) is -0.556. The van der Waals surface area contributed by atoms with E-state index in [1.165, 1.54) is 30.6 Å². The van der Waals surface area contributed by atoms with Crippen LogP contribution in [0.1, 0.15) is 45.4 Å². The molecule has 0 aromatic rings. The highest BCUT2D eigenvalue weighted by Crippen LogP contribution is 2.04. The third-order valence-corrected chi connectivity index (χ3v) is 2.91. The summed E-state index contributed by atoms with van der Waals surface area (Å²) in [5, 5.41) is 5.37. The number of carbonyl (C=O) groups is 2. The number of urea groups is 2. The number of hydrogen-bond donors (Lipinski definition) is 2. The molecule has 1 aliphatic rings. The SMILES string of the molecule is CCCCCCCCNC(=O)N1CCNC1=O. The predicted molar refractivity (Wildman–Crippen MR) is 66.9 cm³/mol. The zero-order valence-corrected chi connectivity index (χ0v) is 10.6. The Kier molecular flexibility index (Phi) is 6.43. The van der Waals surface area contributed by atoms with Crippen LogP contribution >= 0.6 is 0 Å². The van der Waals surface area contributed by atoms with Gasteiger partial charge in [-0.25, -0.2) is 14.5 Å². The van der Waals surface area contributed by atoms with Gasteiger partial charge in [-0.2, -0.15) is 0 Å². The molecule has 5 nitrogen and oxygen atoms in total. The van der Waals surface area contributed by atoms with E-state index < -0.39 is 0 Å². The Bertz CT molecular complexity index is 256. The van der Waals surface area contributed by atoms with E-state index >= 15 is 0 Å². The fourth-order valence-electron chi connectivity index (χ4n) is 1.86. The Balaban J connectivity index is 1.99. The van der Waals surface area contributed by atoms with Crippen LogP contribution in [-0.4, -0.2) is 36.6 Å². The monoisotopic (exact) mass is 241 g/mol. The molecule has 0 bridgehead atoms. The van der Waals surface area contributed by atoms with Crippen molar-refractivity contribution in [2.45, 2.75) is 45.4 Å². The van der Waals surface area contributed by atoms with E-state index in [-0.39, 0.29) is 12.1 Å². The Morgan fingerprint density at radius 1 is 1.29 bits per heavy atom. The maximum atomic E-state index is 11.5. The van der Waals surface area contributed by atoms with Gasteiger partial charge in [-0.3, -0.25) is 0 Å². The first-order chi connectivity index (χ1) is 8.25. The van der Waals surface area contributed by atoms with Gasteiger partial charge in [0.05, 0.1) is 0 Å². The summed E-state index contributed by atoms with van der Waals surface area (Å²) >= 11 is 0. The van der Waals surface area contributed by atoms with Gasteiger partial charge in [-0.1, -0.05) is 39.0 Å². The highest BCUT2D eigenvalue weighted by molar-refractivity contribution is 5.94. The molecule has 1 aliphatic heterocycles. The molecule has 17 heavy (non-hydrogen) atoms. The van der Waals surface area contributed by atoms with E-state index in [9.17, 15) is 9.59 Å². The minimum atomic E-state index is -0.287. The summed E-state index contributed by atoms with van der Waals surface area (Å²) in [6.45, 7) is 3.89. The summed E-state index contributed by atoms with van der Waals surface area (Å²) in [5.74, 6) is 0. The van der Waals surface area contributed by atoms with E-state index in [4.69, 9.17) is 0 Å². The van der Waals surface area contributed by atoms with Crippen LogP contribution in [0, 0.1) is 0 Å². The molecule has 0 unspecified atom stereocenters. The van der Waals surface area contributed by atoms with E-state index in [0.717, 1.165) is 12.8 Å². The molecule has 0 aromatic carbocycles. The number of amides is 4. The van der Waals surface area contributed by atoms with Gasteiger partial charge in [0.25, 0.3) is 0 Å². The van der Waals surface area contributed by atoms with Crippen LogP contribution in [0.2, 0.25) is 0 Å². The van der Waals surface area contributed by atoms with E-state index in [0.29, 0.717) is 19.6 Å². The van der Waals surface area contributed by atoms with Crippen LogP contribution in [0.4, 0.5) is 9.59 Å². The van der Waals surface area contributed by atoms with Crippen molar-refractivity contribution in [1.82, 2.24) is 15.5 Å². The number of unbranched alkanes of at least 4 members (excludes halogenated alkanes) is 5. The number of rotatable bonds is 7. The topological polar surface area (TPSA) is 61.4 Å². The number of hydrogen-bond acceptors (Lipinski definition) is 2. The first-order valence-electron chi connectivity index (χ1n) is 6.59. The number of carbonyl (C=O) groups excluding carboxylic acids is 2. The normalized spacial score (nSPS) is 14.9. The van der Waals surface area contributed by atoms with Crippen molar-refractivity contribution in [3.05, 3.63) is 0 Å². The van der Waals surface area contributed by atoms with Crippen molar-refractivity contribution in [3.63, 3.8) is 0 Å². The maximum absolute atomic E-state index is 11.5. The van der Waals surface area contributed by atoms with Crippen molar-refractivity contribution in [2.24, 2.45) is 0 Å². The van der Waals surface area contributed by atoms with Crippen LogP contribution in [0.5, 0.6) is 0 Å². The summed E-state index contributed by atoms with van der Waals surface area (Å²) in [6.07, 6.45) is 7.19. The lowest BCUT2D eigenvalue weighted by Gasteiger charge is -2.13. The van der Waals surface area contributed by atoms with Crippen LogP contribution in [0.15, 0.2) is 0 Å². The summed E-state index contributed by atoms with van der Waals surface area (Å²) in [5.41, 5.74) is 0. The molecule has 0 radical (unpaired) electrons. The molecule has 2 N–H and O–H groups in total. The number of imide groups is 1. The van der Waals surface area contributed by atoms with Crippen molar-refractivity contribution in [2.75, 3.05) is 19.6 Å². The highest BCUT2D eigenvalue weighted by atomic mass is 16.2. The fraction of sp³-hybridized carbons (Fsp3) is 0.833. The van der Waals surface area contributed by atoms with Crippen molar-refractivity contribution in [1.29, 1.82) is 0 Å². The lowest BCUT2D eigenvalue weighted by atomic mass is 10.1. The molecule has 98 valence electrons. The smallest absolute Gasteiger partial charge is 0.325 e. The van der Waals surface area contributed by atoms with Gasteiger partial charge in [0, 0.05) is 19.6 Å². The minimum Gasteiger partial charge on any atom is -0.338 e. The maximum Gasteiger partial charge on any atom is 0.325 e. The molecule has 0 spiro atoms. The van der Waals surface area contributed by atoms with Crippen molar-refractivity contribution in [3.8, 4) is 0 Å². The lowest BCUT2D eigenvalue weighted by Crippen LogP contribution is -2.42. The first-order valence-corrected chi connectivity index (χ1v) is 6.59. The van der Waals surface area contributed by atoms with Gasteiger partial charge < -0.3 is 10.6 Å². The average Bonchev–Trinajstić information content (AvgIpc) is 2.74. The molecular formula is C12H23N3O2. The second kappa shape index (κ2) is 7.92. The van der Waals surface area contributed by atoms with Gasteiger partial charge in [0.2, 0.25) is 0 Å². The second-order valence-electron chi connectivity index (χ2n) is 4.38. The van der Waals surface area contributed by atoms with E-state index in [1.54, 1.807) is 0 Å². The molecule has 0 saturated carbocycles. The van der Waals surface area contributed by atoms with Gasteiger partial charge in [-0.05, 0) is 6.42 Å². The van der Waals surface area contributed by atoms with Crippen LogP contribution in [-0.2, 0) is 0 Å². The van der Waals surface area contributed by atoms with Crippen LogP contribution in [0.3, 0.4) is 0 Å². The molecule has 4 amide bonds. The predicted octanol–water partition coefficient (Wildman–Crippen LogP) is 2.08. The number of nitrogens with zero attached hydrogens (tertiary/aromatic N) is 1. The van der Waals surface area contributed by atoms with Crippen LogP contribution < -0.4 is 10.6 Å². The fourth-order valence-corrected chi connectivity index (χ4v) is 1.86. The van der Waals surface area contributed by atoms with Gasteiger partial charge in [0.15, 0.2) is 0 Å². The molecule has 0 aliphatic carbocycles. The second-order valence-corrected chi connectivity index (χ2v) is 4.38. The summed E-state index contributed by atoms with van der Waals surface area (Å²) in [4.78, 5) is 23.9. The van der Waals surface area contributed by atoms with Gasteiger partial charge in [0.1, 0.15) is 0 Å². The molecule has 1 saturated heterocycles. The summed E-state index contributed by atoms with van der Waals surface area (Å²) in [7, 11) is 0. The Morgan fingerprint density at radius 3 is 2.65 bits per heavy atom. The standard InChI is InChI=1S/C12H23N3O2/c1-2-3-4-5-6-7-8-13-11(16)15-10-9-14-12(15)17/h2-10H2,1H3,(H,13,16)(H,14,17). The zero-order valence-electron chi connectivity index (χ0n) is 10.6. The van der Waals surface area contributed by atoms with E-state index in [1.807, 2.05) is 0 Å². The Morgan fingerprint density at radius 2 is 2.00 bits per heavy atom. The Hall–Kier alpha value is -1.26. The van der Waals surface area contributed by atoms with Crippen LogP contribution in [0.25, 0.3) is 0 Å². The number of nitrogens with one attached hydrogen (secondary N) is 2. The third-order valence-electron chi connectivity index (χ3n) is 2.91. The minimum absolute atomic E-state index is 0.270.